The molecule has 17 heavy (non-hydrogen) atoms. The van der Waals surface area contributed by atoms with Crippen LogP contribution in [0.5, 0.6) is 0 Å². The zero-order valence-electron chi connectivity index (χ0n) is 11.3. The summed E-state index contributed by atoms with van der Waals surface area (Å²) < 4.78 is 0. The molecule has 2 aliphatic rings. The van der Waals surface area contributed by atoms with Crippen LogP contribution in [0.3, 0.4) is 0 Å². The molecule has 0 aromatic heterocycles. The fourth-order valence-corrected chi connectivity index (χ4v) is 2.87. The number of piperazine rings is 1. The second-order valence-electron chi connectivity index (χ2n) is 6.13. The predicted octanol–water partition coefficient (Wildman–Crippen LogP) is 0.539. The lowest BCUT2D eigenvalue weighted by Crippen LogP contribution is -2.53. The third-order valence-corrected chi connectivity index (χ3v) is 4.02. The zero-order chi connectivity index (χ0) is 12.5. The number of amides is 1. The van der Waals surface area contributed by atoms with Crippen molar-refractivity contribution in [1.29, 1.82) is 0 Å². The summed E-state index contributed by atoms with van der Waals surface area (Å²) in [6, 6.07) is 0. The molecule has 2 aliphatic heterocycles. The van der Waals surface area contributed by atoms with Crippen molar-refractivity contribution >= 4 is 5.91 Å². The van der Waals surface area contributed by atoms with Gasteiger partial charge in [-0.3, -0.25) is 4.79 Å². The van der Waals surface area contributed by atoms with E-state index in [2.05, 4.69) is 36.0 Å². The fourth-order valence-electron chi connectivity index (χ4n) is 2.87. The van der Waals surface area contributed by atoms with Crippen molar-refractivity contribution in [2.45, 2.75) is 32.2 Å². The number of carbonyl (C=O) groups is 1. The van der Waals surface area contributed by atoms with E-state index in [1.54, 1.807) is 0 Å². The van der Waals surface area contributed by atoms with Gasteiger partial charge in [-0.2, -0.15) is 0 Å². The van der Waals surface area contributed by atoms with Crippen LogP contribution in [0.4, 0.5) is 0 Å². The number of carbonyl (C=O) groups excluding carboxylic acids is 1. The van der Waals surface area contributed by atoms with Crippen molar-refractivity contribution in [2.24, 2.45) is 5.92 Å². The standard InChI is InChI=1S/C13H25N3O/c1-13(2)10-11(4-5-14-13)12(17)16-8-6-15(3)7-9-16/h11,14H,4-10H2,1-3H3. The average Bonchev–Trinajstić information content (AvgIpc) is 2.28. The number of nitrogens with one attached hydrogen (secondary N) is 1. The predicted molar refractivity (Wildman–Crippen MR) is 68.9 cm³/mol. The maximum Gasteiger partial charge on any atom is 0.225 e. The SMILES string of the molecule is CN1CCN(C(=O)C2CCNC(C)(C)C2)CC1. The lowest BCUT2D eigenvalue weighted by atomic mass is 9.83. The Labute approximate surface area is 104 Å². The van der Waals surface area contributed by atoms with Crippen molar-refractivity contribution in [3.05, 3.63) is 0 Å². The number of hydrogen-bond acceptors (Lipinski definition) is 3. The molecule has 0 aliphatic carbocycles. The van der Waals surface area contributed by atoms with Gasteiger partial charge in [0.15, 0.2) is 0 Å². The van der Waals surface area contributed by atoms with Crippen LogP contribution in [-0.4, -0.2) is 61.0 Å². The second kappa shape index (κ2) is 4.94. The van der Waals surface area contributed by atoms with Crippen LogP contribution in [-0.2, 0) is 4.79 Å². The van der Waals surface area contributed by atoms with E-state index in [-0.39, 0.29) is 11.5 Å². The van der Waals surface area contributed by atoms with Crippen molar-refractivity contribution in [3.63, 3.8) is 0 Å². The number of hydrogen-bond donors (Lipinski definition) is 1. The van der Waals surface area contributed by atoms with Crippen LogP contribution in [0.1, 0.15) is 26.7 Å². The van der Waals surface area contributed by atoms with E-state index in [0.29, 0.717) is 5.91 Å². The van der Waals surface area contributed by atoms with Crippen molar-refractivity contribution < 1.29 is 4.79 Å². The molecule has 2 heterocycles. The second-order valence-corrected chi connectivity index (χ2v) is 6.13. The molecule has 2 fully saturated rings. The smallest absolute Gasteiger partial charge is 0.225 e. The van der Waals surface area contributed by atoms with Gasteiger partial charge in [0.1, 0.15) is 0 Å². The summed E-state index contributed by atoms with van der Waals surface area (Å²) in [5.41, 5.74) is 0.116. The van der Waals surface area contributed by atoms with Crippen LogP contribution >= 0.6 is 0 Å². The first kappa shape index (κ1) is 12.8. The third-order valence-electron chi connectivity index (χ3n) is 4.02. The molecule has 0 bridgehead atoms. The summed E-state index contributed by atoms with van der Waals surface area (Å²) in [5.74, 6) is 0.613. The summed E-state index contributed by atoms with van der Waals surface area (Å²) in [7, 11) is 2.12. The topological polar surface area (TPSA) is 35.6 Å². The van der Waals surface area contributed by atoms with Crippen LogP contribution < -0.4 is 5.32 Å². The number of rotatable bonds is 1. The van der Waals surface area contributed by atoms with Gasteiger partial charge in [-0.15, -0.1) is 0 Å². The molecule has 0 aromatic rings. The highest BCUT2D eigenvalue weighted by Crippen LogP contribution is 2.25. The minimum Gasteiger partial charge on any atom is -0.340 e. The molecular formula is C13H25N3O. The molecular weight excluding hydrogens is 214 g/mol. The summed E-state index contributed by atoms with van der Waals surface area (Å²) >= 11 is 0. The largest absolute Gasteiger partial charge is 0.340 e. The molecule has 2 saturated heterocycles. The maximum atomic E-state index is 12.4. The maximum absolute atomic E-state index is 12.4. The molecule has 0 saturated carbocycles. The molecule has 1 unspecified atom stereocenters. The zero-order valence-corrected chi connectivity index (χ0v) is 11.3. The minimum absolute atomic E-state index is 0.116. The number of likely N-dealkylation sites (N-methyl/N-ethyl adjacent to an activating group) is 1. The fraction of sp³-hybridized carbons (Fsp3) is 0.923. The molecule has 4 nitrogen and oxygen atoms in total. The van der Waals surface area contributed by atoms with Crippen LogP contribution in [0.25, 0.3) is 0 Å². The Hall–Kier alpha value is -0.610. The lowest BCUT2D eigenvalue weighted by Gasteiger charge is -2.40. The van der Waals surface area contributed by atoms with E-state index in [1.165, 1.54) is 0 Å². The lowest BCUT2D eigenvalue weighted by molar-refractivity contribution is -0.138. The van der Waals surface area contributed by atoms with Gasteiger partial charge in [-0.25, -0.2) is 0 Å². The quantitative estimate of drug-likeness (QED) is 0.725. The summed E-state index contributed by atoms with van der Waals surface area (Å²) in [4.78, 5) is 16.8. The Balaban J connectivity index is 1.91. The van der Waals surface area contributed by atoms with Gasteiger partial charge in [-0.1, -0.05) is 0 Å². The minimum atomic E-state index is 0.116. The number of piperidine rings is 1. The highest BCUT2D eigenvalue weighted by atomic mass is 16.2. The van der Waals surface area contributed by atoms with E-state index in [9.17, 15) is 4.79 Å². The van der Waals surface area contributed by atoms with Crippen LogP contribution in [0, 0.1) is 5.92 Å². The molecule has 1 atom stereocenters. The van der Waals surface area contributed by atoms with E-state index < -0.39 is 0 Å². The monoisotopic (exact) mass is 239 g/mol. The van der Waals surface area contributed by atoms with Gasteiger partial charge in [0.25, 0.3) is 0 Å². The summed E-state index contributed by atoms with van der Waals surface area (Å²) in [5, 5.41) is 3.47. The van der Waals surface area contributed by atoms with Gasteiger partial charge in [0.05, 0.1) is 0 Å². The van der Waals surface area contributed by atoms with Gasteiger partial charge in [0, 0.05) is 37.6 Å². The molecule has 0 radical (unpaired) electrons. The van der Waals surface area contributed by atoms with Gasteiger partial charge in [0.2, 0.25) is 5.91 Å². The molecule has 0 spiro atoms. The Kier molecular flexibility index (Phi) is 3.73. The normalized spacial score (nSPS) is 30.3. The highest BCUT2D eigenvalue weighted by Gasteiger charge is 2.34. The van der Waals surface area contributed by atoms with Crippen LogP contribution in [0.2, 0.25) is 0 Å². The first-order chi connectivity index (χ1) is 7.98. The summed E-state index contributed by atoms with van der Waals surface area (Å²) in [6.07, 6.45) is 1.97. The summed E-state index contributed by atoms with van der Waals surface area (Å²) in [6.45, 7) is 9.18. The molecule has 1 N–H and O–H groups in total. The van der Waals surface area contributed by atoms with Gasteiger partial charge >= 0.3 is 0 Å². The molecule has 1 amide bonds. The van der Waals surface area contributed by atoms with E-state index in [1.807, 2.05) is 0 Å². The van der Waals surface area contributed by atoms with E-state index in [4.69, 9.17) is 0 Å². The Bertz CT molecular complexity index is 282. The number of nitrogens with zero attached hydrogens (tertiary/aromatic N) is 2. The molecule has 4 heteroatoms. The Morgan fingerprint density at radius 1 is 1.24 bits per heavy atom. The highest BCUT2D eigenvalue weighted by molar-refractivity contribution is 5.79. The Morgan fingerprint density at radius 3 is 2.47 bits per heavy atom. The van der Waals surface area contributed by atoms with Gasteiger partial charge in [-0.05, 0) is 40.3 Å². The van der Waals surface area contributed by atoms with Crippen LogP contribution in [0.15, 0.2) is 0 Å². The van der Waals surface area contributed by atoms with E-state index in [0.717, 1.165) is 45.6 Å². The third kappa shape index (κ3) is 3.19. The van der Waals surface area contributed by atoms with Crippen molar-refractivity contribution in [3.8, 4) is 0 Å². The van der Waals surface area contributed by atoms with Gasteiger partial charge < -0.3 is 15.1 Å². The molecule has 2 rings (SSSR count). The first-order valence-corrected chi connectivity index (χ1v) is 6.70. The van der Waals surface area contributed by atoms with Crippen molar-refractivity contribution in [2.75, 3.05) is 39.8 Å². The Morgan fingerprint density at radius 2 is 1.88 bits per heavy atom. The first-order valence-electron chi connectivity index (χ1n) is 6.70. The van der Waals surface area contributed by atoms with Crippen molar-refractivity contribution in [1.82, 2.24) is 15.1 Å². The average molecular weight is 239 g/mol. The molecule has 0 aromatic carbocycles. The molecule has 98 valence electrons. The van der Waals surface area contributed by atoms with E-state index >= 15 is 0 Å².